The molecule has 0 bridgehead atoms. The van der Waals surface area contributed by atoms with E-state index in [1.807, 2.05) is 0 Å². The van der Waals surface area contributed by atoms with E-state index >= 15 is 0 Å². The van der Waals surface area contributed by atoms with E-state index in [4.69, 9.17) is 4.74 Å². The van der Waals surface area contributed by atoms with Crippen LogP contribution in [0.15, 0.2) is 24.3 Å². The maximum absolute atomic E-state index is 9.31. The predicted molar refractivity (Wildman–Crippen MR) is 110 cm³/mol. The number of hydrogen-bond donors (Lipinski definition) is 1. The molecule has 0 amide bonds. The highest BCUT2D eigenvalue weighted by atomic mass is 79.9. The van der Waals surface area contributed by atoms with Crippen LogP contribution in [0.3, 0.4) is 0 Å². The molecule has 2 nitrogen and oxygen atoms in total. The molecule has 0 aromatic heterocycles. The lowest BCUT2D eigenvalue weighted by Gasteiger charge is -2.07. The van der Waals surface area contributed by atoms with Crippen molar-refractivity contribution in [1.82, 2.24) is 0 Å². The Hall–Kier alpha value is -0.120. The predicted octanol–water partition coefficient (Wildman–Crippen LogP) is 6.57. The summed E-state index contributed by atoms with van der Waals surface area (Å²) in [6, 6.07) is 0. The first-order valence-corrected chi connectivity index (χ1v) is 11.0. The fraction of sp³-hybridized carbons (Fsp3) is 0.810. The lowest BCUT2D eigenvalue weighted by atomic mass is 10.1. The van der Waals surface area contributed by atoms with Gasteiger partial charge in [0.25, 0.3) is 0 Å². The summed E-state index contributed by atoms with van der Waals surface area (Å²) in [5, 5.41) is 9.91. The second kappa shape index (κ2) is 20.9. The second-order valence-electron chi connectivity index (χ2n) is 6.47. The zero-order chi connectivity index (χ0) is 17.7. The van der Waals surface area contributed by atoms with E-state index in [9.17, 15) is 5.11 Å². The average Bonchev–Trinajstić information content (AvgIpc) is 2.60. The lowest BCUT2D eigenvalue weighted by Crippen LogP contribution is -2.16. The summed E-state index contributed by atoms with van der Waals surface area (Å²) in [5.41, 5.74) is 0. The first-order valence-electron chi connectivity index (χ1n) is 9.93. The van der Waals surface area contributed by atoms with Crippen molar-refractivity contribution in [2.75, 3.05) is 18.5 Å². The van der Waals surface area contributed by atoms with E-state index in [0.29, 0.717) is 11.9 Å². The lowest BCUT2D eigenvalue weighted by molar-refractivity contribution is 0.0473. The van der Waals surface area contributed by atoms with Crippen LogP contribution >= 0.6 is 15.9 Å². The Bertz CT molecular complexity index is 290. The molecular weight excluding hydrogens is 364 g/mol. The molecule has 1 N–H and O–H groups in total. The highest BCUT2D eigenvalue weighted by Gasteiger charge is 2.00. The molecule has 0 aliphatic heterocycles. The van der Waals surface area contributed by atoms with Gasteiger partial charge in [-0.15, -0.1) is 0 Å². The van der Waals surface area contributed by atoms with Gasteiger partial charge in [0.05, 0.1) is 12.7 Å². The Morgan fingerprint density at radius 2 is 1.42 bits per heavy atom. The smallest absolute Gasteiger partial charge is 0.0870 e. The van der Waals surface area contributed by atoms with Crippen LogP contribution in [0, 0.1) is 0 Å². The molecule has 0 radical (unpaired) electrons. The maximum atomic E-state index is 9.31. The number of allylic oxidation sites excluding steroid dienone is 4. The first-order chi connectivity index (χ1) is 11.8. The summed E-state index contributed by atoms with van der Waals surface area (Å²) in [5.74, 6) is 0. The van der Waals surface area contributed by atoms with Crippen LogP contribution < -0.4 is 0 Å². The van der Waals surface area contributed by atoms with Crippen molar-refractivity contribution in [1.29, 1.82) is 0 Å². The number of aliphatic hydroxyl groups is 1. The van der Waals surface area contributed by atoms with Gasteiger partial charge in [0.15, 0.2) is 0 Å². The van der Waals surface area contributed by atoms with E-state index in [2.05, 4.69) is 47.2 Å². The SMILES string of the molecule is CCCCC/C=C\C/C=C\CCCCCCCCOCC(O)CBr. The van der Waals surface area contributed by atoms with Gasteiger partial charge in [-0.25, -0.2) is 0 Å². The van der Waals surface area contributed by atoms with E-state index in [-0.39, 0.29) is 6.10 Å². The third-order valence-electron chi connectivity index (χ3n) is 3.98. The minimum Gasteiger partial charge on any atom is -0.390 e. The average molecular weight is 403 g/mol. The standard InChI is InChI=1S/C21H39BrO2/c1-2-3-4-5-6-7-8-9-10-11-12-13-14-15-16-17-18-24-20-21(23)19-22/h6-7,9-10,21,23H,2-5,8,11-20H2,1H3/b7-6-,10-9-. The molecular formula is C21H39BrO2. The minimum absolute atomic E-state index is 0.366. The molecule has 0 fully saturated rings. The number of alkyl halides is 1. The molecule has 0 saturated heterocycles. The zero-order valence-corrected chi connectivity index (χ0v) is 17.3. The summed E-state index contributed by atoms with van der Waals surface area (Å²) in [7, 11) is 0. The van der Waals surface area contributed by atoms with Crippen molar-refractivity contribution in [3.8, 4) is 0 Å². The fourth-order valence-electron chi connectivity index (χ4n) is 2.46. The molecule has 142 valence electrons. The largest absolute Gasteiger partial charge is 0.390 e. The van der Waals surface area contributed by atoms with Crippen LogP contribution in [0.25, 0.3) is 0 Å². The molecule has 0 heterocycles. The van der Waals surface area contributed by atoms with Gasteiger partial charge in [0.1, 0.15) is 0 Å². The summed E-state index contributed by atoms with van der Waals surface area (Å²) in [4.78, 5) is 0. The highest BCUT2D eigenvalue weighted by molar-refractivity contribution is 9.09. The summed E-state index contributed by atoms with van der Waals surface area (Å²) < 4.78 is 5.41. The van der Waals surface area contributed by atoms with Gasteiger partial charge in [0.2, 0.25) is 0 Å². The third-order valence-corrected chi connectivity index (χ3v) is 4.73. The Morgan fingerprint density at radius 1 is 0.833 bits per heavy atom. The topological polar surface area (TPSA) is 29.5 Å². The van der Waals surface area contributed by atoms with Gasteiger partial charge in [-0.1, -0.05) is 85.7 Å². The Morgan fingerprint density at radius 3 is 2.04 bits per heavy atom. The van der Waals surface area contributed by atoms with Crippen LogP contribution in [-0.2, 0) is 4.74 Å². The monoisotopic (exact) mass is 402 g/mol. The van der Waals surface area contributed by atoms with Gasteiger partial charge >= 0.3 is 0 Å². The molecule has 3 heteroatoms. The molecule has 0 aromatic carbocycles. The van der Waals surface area contributed by atoms with Crippen LogP contribution in [0.5, 0.6) is 0 Å². The second-order valence-corrected chi connectivity index (χ2v) is 7.11. The highest BCUT2D eigenvalue weighted by Crippen LogP contribution is 2.08. The van der Waals surface area contributed by atoms with Gasteiger partial charge in [0, 0.05) is 11.9 Å². The molecule has 0 aliphatic carbocycles. The van der Waals surface area contributed by atoms with Crippen molar-refractivity contribution in [2.45, 2.75) is 90.1 Å². The van der Waals surface area contributed by atoms with Crippen molar-refractivity contribution in [3.05, 3.63) is 24.3 Å². The molecule has 1 atom stereocenters. The number of rotatable bonds is 18. The van der Waals surface area contributed by atoms with Crippen molar-refractivity contribution in [2.24, 2.45) is 0 Å². The van der Waals surface area contributed by atoms with Crippen molar-refractivity contribution >= 4 is 15.9 Å². The number of ether oxygens (including phenoxy) is 1. The summed E-state index contributed by atoms with van der Waals surface area (Å²) in [6.07, 6.45) is 24.1. The van der Waals surface area contributed by atoms with Gasteiger partial charge in [-0.05, 0) is 38.5 Å². The van der Waals surface area contributed by atoms with Gasteiger partial charge in [-0.2, -0.15) is 0 Å². The van der Waals surface area contributed by atoms with Crippen molar-refractivity contribution < 1.29 is 9.84 Å². The molecule has 0 saturated carbocycles. The van der Waals surface area contributed by atoms with Gasteiger partial charge < -0.3 is 9.84 Å². The van der Waals surface area contributed by atoms with Crippen LogP contribution in [0.4, 0.5) is 0 Å². The third kappa shape index (κ3) is 19.9. The molecule has 1 unspecified atom stereocenters. The normalized spacial score (nSPS) is 13.3. The van der Waals surface area contributed by atoms with E-state index in [0.717, 1.165) is 19.4 Å². The van der Waals surface area contributed by atoms with Crippen molar-refractivity contribution in [3.63, 3.8) is 0 Å². The molecule has 24 heavy (non-hydrogen) atoms. The molecule has 0 spiro atoms. The molecule has 0 aliphatic rings. The summed E-state index contributed by atoms with van der Waals surface area (Å²) in [6.45, 7) is 3.48. The van der Waals surface area contributed by atoms with E-state index in [1.165, 1.54) is 64.2 Å². The van der Waals surface area contributed by atoms with Crippen LogP contribution in [0.2, 0.25) is 0 Å². The molecule has 0 aromatic rings. The quantitative estimate of drug-likeness (QED) is 0.159. The number of unbranched alkanes of at least 4 members (excludes halogenated alkanes) is 9. The van der Waals surface area contributed by atoms with Crippen LogP contribution in [-0.4, -0.2) is 29.8 Å². The maximum Gasteiger partial charge on any atom is 0.0870 e. The first kappa shape index (κ1) is 23.9. The van der Waals surface area contributed by atoms with Gasteiger partial charge in [-0.3, -0.25) is 0 Å². The summed E-state index contributed by atoms with van der Waals surface area (Å²) >= 11 is 3.23. The Balaban J connectivity index is 3.15. The minimum atomic E-state index is -0.366. The number of aliphatic hydroxyl groups excluding tert-OH is 1. The number of hydrogen-bond acceptors (Lipinski definition) is 2. The zero-order valence-electron chi connectivity index (χ0n) is 15.7. The molecule has 0 rings (SSSR count). The Kier molecular flexibility index (Phi) is 20.8. The van der Waals surface area contributed by atoms with E-state index in [1.54, 1.807) is 0 Å². The Labute approximate surface area is 158 Å². The fourth-order valence-corrected chi connectivity index (χ4v) is 2.64. The van der Waals surface area contributed by atoms with Crippen LogP contribution in [0.1, 0.15) is 84.0 Å². The number of halogens is 1. The van der Waals surface area contributed by atoms with E-state index < -0.39 is 0 Å².